The standard InChI is InChI=1S/C15H24N2O2/c1-9(2)8-17-12(10-4-5-10)13(18)16-15(3,14(17)19)11-6-7-11/h9-12H,4-8H2,1-3H3,(H,16,18). The minimum Gasteiger partial charge on any atom is -0.340 e. The summed E-state index contributed by atoms with van der Waals surface area (Å²) in [4.78, 5) is 27.2. The average molecular weight is 264 g/mol. The second-order valence-corrected chi connectivity index (χ2v) is 7.10. The molecule has 1 N–H and O–H groups in total. The van der Waals surface area contributed by atoms with E-state index < -0.39 is 5.54 Å². The van der Waals surface area contributed by atoms with Crippen molar-refractivity contribution in [3.8, 4) is 0 Å². The Morgan fingerprint density at radius 1 is 1.26 bits per heavy atom. The molecule has 1 heterocycles. The zero-order valence-corrected chi connectivity index (χ0v) is 12.1. The molecule has 0 radical (unpaired) electrons. The van der Waals surface area contributed by atoms with Gasteiger partial charge in [-0.2, -0.15) is 0 Å². The SMILES string of the molecule is CC(C)CN1C(=O)C(C)(C2CC2)NC(=O)C1C1CC1. The summed E-state index contributed by atoms with van der Waals surface area (Å²) < 4.78 is 0. The van der Waals surface area contributed by atoms with Gasteiger partial charge in [0.2, 0.25) is 11.8 Å². The second kappa shape index (κ2) is 4.22. The minimum atomic E-state index is -0.642. The predicted molar refractivity (Wildman–Crippen MR) is 72.3 cm³/mol. The maximum Gasteiger partial charge on any atom is 0.249 e. The highest BCUT2D eigenvalue weighted by Crippen LogP contribution is 2.45. The fourth-order valence-electron chi connectivity index (χ4n) is 3.36. The lowest BCUT2D eigenvalue weighted by atomic mass is 9.88. The molecule has 0 aromatic rings. The summed E-state index contributed by atoms with van der Waals surface area (Å²) >= 11 is 0. The van der Waals surface area contributed by atoms with E-state index in [0.717, 1.165) is 25.7 Å². The van der Waals surface area contributed by atoms with Gasteiger partial charge in [0, 0.05) is 6.54 Å². The topological polar surface area (TPSA) is 49.4 Å². The van der Waals surface area contributed by atoms with Gasteiger partial charge in [0.25, 0.3) is 0 Å². The first-order chi connectivity index (χ1) is 8.93. The zero-order valence-electron chi connectivity index (χ0n) is 12.1. The Morgan fingerprint density at radius 3 is 2.37 bits per heavy atom. The molecule has 2 unspecified atom stereocenters. The Hall–Kier alpha value is -1.06. The highest BCUT2D eigenvalue weighted by Gasteiger charge is 2.57. The highest BCUT2D eigenvalue weighted by molar-refractivity contribution is 6.00. The van der Waals surface area contributed by atoms with Gasteiger partial charge in [0.1, 0.15) is 11.6 Å². The van der Waals surface area contributed by atoms with Crippen molar-refractivity contribution in [3.63, 3.8) is 0 Å². The van der Waals surface area contributed by atoms with Crippen LogP contribution < -0.4 is 5.32 Å². The van der Waals surface area contributed by atoms with Gasteiger partial charge in [-0.25, -0.2) is 0 Å². The molecule has 0 aromatic carbocycles. The molecular formula is C15H24N2O2. The van der Waals surface area contributed by atoms with E-state index in [1.165, 1.54) is 0 Å². The van der Waals surface area contributed by atoms with Crippen molar-refractivity contribution in [2.24, 2.45) is 17.8 Å². The summed E-state index contributed by atoms with van der Waals surface area (Å²) in [7, 11) is 0. The fraction of sp³-hybridized carbons (Fsp3) is 0.867. The third kappa shape index (κ3) is 2.15. The monoisotopic (exact) mass is 264 g/mol. The molecule has 3 aliphatic rings. The van der Waals surface area contributed by atoms with Crippen LogP contribution in [0, 0.1) is 17.8 Å². The van der Waals surface area contributed by atoms with Gasteiger partial charge in [-0.05, 0) is 50.4 Å². The van der Waals surface area contributed by atoms with Crippen molar-refractivity contribution in [2.45, 2.75) is 58.0 Å². The van der Waals surface area contributed by atoms with Crippen molar-refractivity contribution >= 4 is 11.8 Å². The van der Waals surface area contributed by atoms with E-state index in [1.54, 1.807) is 0 Å². The van der Waals surface area contributed by atoms with E-state index in [0.29, 0.717) is 24.3 Å². The molecule has 2 amide bonds. The number of carbonyl (C=O) groups excluding carboxylic acids is 2. The summed E-state index contributed by atoms with van der Waals surface area (Å²) in [5, 5.41) is 3.05. The van der Waals surface area contributed by atoms with Gasteiger partial charge in [-0.1, -0.05) is 13.8 Å². The van der Waals surface area contributed by atoms with Crippen molar-refractivity contribution < 1.29 is 9.59 Å². The van der Waals surface area contributed by atoms with Crippen LogP contribution >= 0.6 is 0 Å². The van der Waals surface area contributed by atoms with E-state index in [2.05, 4.69) is 19.2 Å². The number of carbonyl (C=O) groups is 2. The van der Waals surface area contributed by atoms with E-state index in [-0.39, 0.29) is 17.9 Å². The van der Waals surface area contributed by atoms with Crippen LogP contribution in [0.15, 0.2) is 0 Å². The van der Waals surface area contributed by atoms with Crippen molar-refractivity contribution in [1.29, 1.82) is 0 Å². The third-order valence-corrected chi connectivity index (χ3v) is 4.72. The molecule has 1 aliphatic heterocycles. The lowest BCUT2D eigenvalue weighted by Crippen LogP contribution is -2.71. The molecule has 2 aliphatic carbocycles. The van der Waals surface area contributed by atoms with Crippen LogP contribution in [0.4, 0.5) is 0 Å². The highest BCUT2D eigenvalue weighted by atomic mass is 16.2. The Balaban J connectivity index is 1.88. The molecule has 3 fully saturated rings. The maximum absolute atomic E-state index is 12.9. The molecule has 4 nitrogen and oxygen atoms in total. The van der Waals surface area contributed by atoms with Crippen molar-refractivity contribution in [3.05, 3.63) is 0 Å². The molecule has 0 spiro atoms. The maximum atomic E-state index is 12.9. The van der Waals surface area contributed by atoms with Crippen LogP contribution in [0.1, 0.15) is 46.5 Å². The van der Waals surface area contributed by atoms with Crippen LogP contribution in [0.2, 0.25) is 0 Å². The number of hydrogen-bond acceptors (Lipinski definition) is 2. The molecule has 0 bridgehead atoms. The number of piperazine rings is 1. The van der Waals surface area contributed by atoms with Gasteiger partial charge in [-0.15, -0.1) is 0 Å². The second-order valence-electron chi connectivity index (χ2n) is 7.10. The Labute approximate surface area is 114 Å². The first kappa shape index (κ1) is 12.9. The first-order valence-electron chi connectivity index (χ1n) is 7.56. The van der Waals surface area contributed by atoms with Crippen LogP contribution in [0.25, 0.3) is 0 Å². The van der Waals surface area contributed by atoms with Crippen LogP contribution in [0.3, 0.4) is 0 Å². The number of nitrogens with one attached hydrogen (secondary N) is 1. The van der Waals surface area contributed by atoms with E-state index in [1.807, 2.05) is 11.8 Å². The van der Waals surface area contributed by atoms with Gasteiger partial charge in [0.15, 0.2) is 0 Å². The first-order valence-corrected chi connectivity index (χ1v) is 7.56. The van der Waals surface area contributed by atoms with Gasteiger partial charge in [-0.3, -0.25) is 9.59 Å². The van der Waals surface area contributed by atoms with Crippen LogP contribution in [-0.4, -0.2) is 34.8 Å². The third-order valence-electron chi connectivity index (χ3n) is 4.72. The Kier molecular flexibility index (Phi) is 2.88. The van der Waals surface area contributed by atoms with Crippen molar-refractivity contribution in [2.75, 3.05) is 6.54 Å². The predicted octanol–water partition coefficient (Wildman–Crippen LogP) is 1.55. The molecule has 2 saturated carbocycles. The molecule has 106 valence electrons. The molecular weight excluding hydrogens is 240 g/mol. The molecule has 2 atom stereocenters. The lowest BCUT2D eigenvalue weighted by Gasteiger charge is -2.45. The molecule has 4 heteroatoms. The zero-order chi connectivity index (χ0) is 13.8. The summed E-state index contributed by atoms with van der Waals surface area (Å²) in [6.45, 7) is 6.84. The number of nitrogens with zero attached hydrogens (tertiary/aromatic N) is 1. The van der Waals surface area contributed by atoms with Gasteiger partial charge >= 0.3 is 0 Å². The smallest absolute Gasteiger partial charge is 0.249 e. The summed E-state index contributed by atoms with van der Waals surface area (Å²) in [6, 6.07) is -0.207. The summed E-state index contributed by atoms with van der Waals surface area (Å²) in [6.07, 6.45) is 4.29. The van der Waals surface area contributed by atoms with Gasteiger partial charge < -0.3 is 10.2 Å². The number of rotatable bonds is 4. The molecule has 0 aromatic heterocycles. The fourth-order valence-corrected chi connectivity index (χ4v) is 3.36. The summed E-state index contributed by atoms with van der Waals surface area (Å²) in [5.74, 6) is 1.38. The minimum absolute atomic E-state index is 0.0807. The quantitative estimate of drug-likeness (QED) is 0.837. The average Bonchev–Trinajstić information content (AvgIpc) is 3.13. The Bertz CT molecular complexity index is 412. The molecule has 19 heavy (non-hydrogen) atoms. The van der Waals surface area contributed by atoms with Crippen LogP contribution in [0.5, 0.6) is 0 Å². The van der Waals surface area contributed by atoms with Gasteiger partial charge in [0.05, 0.1) is 0 Å². The summed E-state index contributed by atoms with van der Waals surface area (Å²) in [5.41, 5.74) is -0.642. The Morgan fingerprint density at radius 2 is 1.89 bits per heavy atom. The van der Waals surface area contributed by atoms with Crippen molar-refractivity contribution in [1.82, 2.24) is 10.2 Å². The largest absolute Gasteiger partial charge is 0.340 e. The molecule has 1 saturated heterocycles. The number of hydrogen-bond donors (Lipinski definition) is 1. The lowest BCUT2D eigenvalue weighted by molar-refractivity contribution is -0.156. The normalized spacial score (nSPS) is 35.8. The van der Waals surface area contributed by atoms with E-state index in [4.69, 9.17) is 0 Å². The van der Waals surface area contributed by atoms with Crippen LogP contribution in [-0.2, 0) is 9.59 Å². The van der Waals surface area contributed by atoms with E-state index >= 15 is 0 Å². The molecule has 3 rings (SSSR count). The number of amides is 2. The van der Waals surface area contributed by atoms with E-state index in [9.17, 15) is 9.59 Å².